The van der Waals surface area contributed by atoms with Gasteiger partial charge in [0.25, 0.3) is 0 Å². The van der Waals surface area contributed by atoms with E-state index in [4.69, 9.17) is 9.47 Å². The summed E-state index contributed by atoms with van der Waals surface area (Å²) in [6.07, 6.45) is 2.02. The maximum atomic E-state index is 10.5. The molecule has 0 aliphatic carbocycles. The van der Waals surface area contributed by atoms with E-state index in [0.717, 1.165) is 0 Å². The molecule has 0 N–H and O–H groups in total. The molecule has 0 radical (unpaired) electrons. The van der Waals surface area contributed by atoms with Gasteiger partial charge in [-0.1, -0.05) is 19.2 Å². The summed E-state index contributed by atoms with van der Waals surface area (Å²) in [5.74, 6) is 0.613. The molecule has 0 aliphatic heterocycles. The van der Waals surface area contributed by atoms with Crippen molar-refractivity contribution in [2.75, 3.05) is 14.2 Å². The fourth-order valence-electron chi connectivity index (χ4n) is 0.680. The second-order valence-corrected chi connectivity index (χ2v) is 1.94. The van der Waals surface area contributed by atoms with Gasteiger partial charge in [0.1, 0.15) is 0 Å². The van der Waals surface area contributed by atoms with E-state index >= 15 is 0 Å². The zero-order valence-electron chi connectivity index (χ0n) is 7.29. The number of methoxy groups -OCH3 is 2. The Hall–Kier alpha value is -1.51. The molecule has 0 saturated carbocycles. The quantitative estimate of drug-likeness (QED) is 0.269. The summed E-state index contributed by atoms with van der Waals surface area (Å²) in [6.45, 7) is 7.00. The molecule has 0 spiro atoms. The number of rotatable bonds is 5. The summed E-state index contributed by atoms with van der Waals surface area (Å²) in [6, 6.07) is 0. The van der Waals surface area contributed by atoms with Gasteiger partial charge in [-0.05, 0) is 0 Å². The van der Waals surface area contributed by atoms with Gasteiger partial charge in [0.15, 0.2) is 17.8 Å². The molecule has 0 unspecified atom stereocenters. The fourth-order valence-corrected chi connectivity index (χ4v) is 0.680. The second kappa shape index (κ2) is 5.18. The number of carbonyl (C=O) groups excluding carboxylic acids is 1. The first kappa shape index (κ1) is 10.5. The molecule has 0 aromatic heterocycles. The van der Waals surface area contributed by atoms with Crippen molar-refractivity contribution in [2.24, 2.45) is 0 Å². The minimum Gasteiger partial charge on any atom is -0.493 e. The van der Waals surface area contributed by atoms with E-state index in [2.05, 4.69) is 13.2 Å². The first-order valence-electron chi connectivity index (χ1n) is 3.30. The van der Waals surface area contributed by atoms with Gasteiger partial charge in [0.05, 0.1) is 19.8 Å². The van der Waals surface area contributed by atoms with Crippen molar-refractivity contribution in [1.82, 2.24) is 0 Å². The number of allylic oxidation sites excluding steroid dienone is 2. The molecule has 0 heterocycles. The predicted molar refractivity (Wildman–Crippen MR) is 46.4 cm³/mol. The molecule has 0 aromatic carbocycles. The standard InChI is InChI=1S/C9H12O3/c1-5-8(6-10)9(12-4)7(2)11-3/h5-6H,1-2H2,3-4H3/b9-8-. The SMILES string of the molecule is C=C/C(C=O)=C(/OC)C(=C)OC. The van der Waals surface area contributed by atoms with Crippen molar-refractivity contribution in [3.8, 4) is 0 Å². The third-order valence-corrected chi connectivity index (χ3v) is 1.31. The van der Waals surface area contributed by atoms with Crippen LogP contribution in [0.2, 0.25) is 0 Å². The maximum absolute atomic E-state index is 10.5. The average Bonchev–Trinajstić information content (AvgIpc) is 2.12. The molecule has 0 saturated heterocycles. The van der Waals surface area contributed by atoms with Crippen LogP contribution in [0.25, 0.3) is 0 Å². The van der Waals surface area contributed by atoms with E-state index in [1.165, 1.54) is 20.3 Å². The highest BCUT2D eigenvalue weighted by Crippen LogP contribution is 2.13. The van der Waals surface area contributed by atoms with Crippen molar-refractivity contribution in [3.63, 3.8) is 0 Å². The first-order chi connectivity index (χ1) is 5.71. The lowest BCUT2D eigenvalue weighted by molar-refractivity contribution is -0.104. The minimum atomic E-state index is 0.305. The lowest BCUT2D eigenvalue weighted by atomic mass is 10.2. The highest BCUT2D eigenvalue weighted by molar-refractivity contribution is 5.79. The molecule has 66 valence electrons. The van der Waals surface area contributed by atoms with Crippen LogP contribution >= 0.6 is 0 Å². The van der Waals surface area contributed by atoms with Crippen LogP contribution in [0.15, 0.2) is 36.3 Å². The van der Waals surface area contributed by atoms with Crippen molar-refractivity contribution in [1.29, 1.82) is 0 Å². The monoisotopic (exact) mass is 168 g/mol. The van der Waals surface area contributed by atoms with Crippen LogP contribution in [0.4, 0.5) is 0 Å². The van der Waals surface area contributed by atoms with Crippen molar-refractivity contribution >= 4 is 6.29 Å². The topological polar surface area (TPSA) is 35.5 Å². The van der Waals surface area contributed by atoms with Crippen molar-refractivity contribution < 1.29 is 14.3 Å². The van der Waals surface area contributed by atoms with E-state index in [0.29, 0.717) is 23.4 Å². The Labute approximate surface area is 72.0 Å². The Morgan fingerprint density at radius 2 is 1.92 bits per heavy atom. The van der Waals surface area contributed by atoms with E-state index in [9.17, 15) is 4.79 Å². The zero-order valence-corrected chi connectivity index (χ0v) is 7.29. The average molecular weight is 168 g/mol. The Bertz CT molecular complexity index is 216. The van der Waals surface area contributed by atoms with Gasteiger partial charge in [-0.25, -0.2) is 0 Å². The molecule has 0 amide bonds. The van der Waals surface area contributed by atoms with Gasteiger partial charge in [0.2, 0.25) is 0 Å². The molecule has 0 aromatic rings. The minimum absolute atomic E-state index is 0.305. The molecule has 0 bridgehead atoms. The summed E-state index contributed by atoms with van der Waals surface area (Å²) < 4.78 is 9.70. The van der Waals surface area contributed by atoms with Gasteiger partial charge >= 0.3 is 0 Å². The van der Waals surface area contributed by atoms with Crippen LogP contribution in [-0.2, 0) is 14.3 Å². The molecular weight excluding hydrogens is 156 g/mol. The predicted octanol–water partition coefficient (Wildman–Crippen LogP) is 1.43. The fraction of sp³-hybridized carbons (Fsp3) is 0.222. The van der Waals surface area contributed by atoms with E-state index in [1.807, 2.05) is 0 Å². The van der Waals surface area contributed by atoms with Crippen LogP contribution < -0.4 is 0 Å². The number of hydrogen-bond acceptors (Lipinski definition) is 3. The summed E-state index contributed by atoms with van der Waals surface area (Å²) in [5, 5.41) is 0. The number of aldehydes is 1. The van der Waals surface area contributed by atoms with Crippen molar-refractivity contribution in [2.45, 2.75) is 0 Å². The first-order valence-corrected chi connectivity index (χ1v) is 3.30. The Kier molecular flexibility index (Phi) is 4.53. The maximum Gasteiger partial charge on any atom is 0.170 e. The van der Waals surface area contributed by atoms with Crippen LogP contribution in [0.3, 0.4) is 0 Å². The Morgan fingerprint density at radius 3 is 2.17 bits per heavy atom. The van der Waals surface area contributed by atoms with Crippen LogP contribution in [0.1, 0.15) is 0 Å². The summed E-state index contributed by atoms with van der Waals surface area (Å²) in [5.41, 5.74) is 0.323. The molecule has 3 nitrogen and oxygen atoms in total. The smallest absolute Gasteiger partial charge is 0.170 e. The third kappa shape index (κ3) is 2.27. The molecule has 3 heteroatoms. The third-order valence-electron chi connectivity index (χ3n) is 1.31. The van der Waals surface area contributed by atoms with Crippen molar-refractivity contribution in [3.05, 3.63) is 36.3 Å². The van der Waals surface area contributed by atoms with Gasteiger partial charge in [-0.3, -0.25) is 4.79 Å². The lowest BCUT2D eigenvalue weighted by Crippen LogP contribution is -1.98. The van der Waals surface area contributed by atoms with Crippen LogP contribution in [-0.4, -0.2) is 20.5 Å². The Balaban J connectivity index is 4.93. The lowest BCUT2D eigenvalue weighted by Gasteiger charge is -2.08. The van der Waals surface area contributed by atoms with Gasteiger partial charge < -0.3 is 9.47 Å². The molecule has 0 fully saturated rings. The van der Waals surface area contributed by atoms with E-state index < -0.39 is 0 Å². The molecule has 12 heavy (non-hydrogen) atoms. The molecular formula is C9H12O3. The Morgan fingerprint density at radius 1 is 1.33 bits per heavy atom. The summed E-state index contributed by atoms with van der Waals surface area (Å²) >= 11 is 0. The highest BCUT2D eigenvalue weighted by atomic mass is 16.5. The molecule has 0 atom stereocenters. The zero-order chi connectivity index (χ0) is 9.56. The highest BCUT2D eigenvalue weighted by Gasteiger charge is 2.07. The van der Waals surface area contributed by atoms with E-state index in [-0.39, 0.29) is 0 Å². The normalized spacial score (nSPS) is 11.2. The second-order valence-electron chi connectivity index (χ2n) is 1.94. The largest absolute Gasteiger partial charge is 0.493 e. The number of hydrogen-bond donors (Lipinski definition) is 0. The van der Waals surface area contributed by atoms with Gasteiger partial charge in [0, 0.05) is 0 Å². The molecule has 0 aliphatic rings. The summed E-state index contributed by atoms with van der Waals surface area (Å²) in [7, 11) is 2.89. The van der Waals surface area contributed by atoms with Gasteiger partial charge in [-0.15, -0.1) is 0 Å². The van der Waals surface area contributed by atoms with Gasteiger partial charge in [-0.2, -0.15) is 0 Å². The number of carbonyl (C=O) groups is 1. The van der Waals surface area contributed by atoms with Crippen LogP contribution in [0.5, 0.6) is 0 Å². The number of ether oxygens (including phenoxy) is 2. The van der Waals surface area contributed by atoms with Crippen LogP contribution in [0, 0.1) is 0 Å². The molecule has 0 rings (SSSR count). The summed E-state index contributed by atoms with van der Waals surface area (Å²) in [4.78, 5) is 10.5. The van der Waals surface area contributed by atoms with E-state index in [1.54, 1.807) is 0 Å².